The second kappa shape index (κ2) is 11.9. The van der Waals surface area contributed by atoms with Gasteiger partial charge in [0.1, 0.15) is 11.9 Å². The minimum absolute atomic E-state index is 0.00769. The third-order valence-corrected chi connectivity index (χ3v) is 9.18. The highest BCUT2D eigenvalue weighted by Crippen LogP contribution is 2.43. The number of ether oxygens (including phenoxy) is 1. The molecule has 44 heavy (non-hydrogen) atoms. The van der Waals surface area contributed by atoms with Gasteiger partial charge in [-0.05, 0) is 79.6 Å². The van der Waals surface area contributed by atoms with E-state index in [0.717, 1.165) is 22.3 Å². The molecule has 0 unspecified atom stereocenters. The summed E-state index contributed by atoms with van der Waals surface area (Å²) >= 11 is 0. The van der Waals surface area contributed by atoms with Crippen molar-refractivity contribution in [1.29, 1.82) is 0 Å². The Morgan fingerprint density at radius 1 is 0.773 bits per heavy atom. The smallest absolute Gasteiger partial charge is 0.262 e. The van der Waals surface area contributed by atoms with Crippen molar-refractivity contribution in [3.05, 3.63) is 149 Å². The van der Waals surface area contributed by atoms with Crippen LogP contribution < -0.4 is 19.3 Å². The maximum atomic E-state index is 14.5. The topological polar surface area (TPSA) is 78.9 Å². The molecule has 8 heteroatoms. The molecule has 5 aromatic carbocycles. The minimum Gasteiger partial charge on any atom is -0.497 e. The van der Waals surface area contributed by atoms with Crippen LogP contribution in [0, 0.1) is 13.8 Å². The Balaban J connectivity index is 1.51. The summed E-state index contributed by atoms with van der Waals surface area (Å²) in [4.78, 5) is 18.4. The second-order valence-corrected chi connectivity index (χ2v) is 12.6. The number of nitrogens with one attached hydrogen (secondary N) is 1. The zero-order valence-electron chi connectivity index (χ0n) is 24.8. The zero-order chi connectivity index (χ0) is 30.8. The fourth-order valence-corrected chi connectivity index (χ4v) is 6.56. The van der Waals surface area contributed by atoms with Gasteiger partial charge in [0.25, 0.3) is 15.9 Å². The Morgan fingerprint density at radius 2 is 1.41 bits per heavy atom. The molecular weight excluding hydrogens is 570 g/mol. The molecule has 5 aromatic rings. The van der Waals surface area contributed by atoms with Gasteiger partial charge in [0.15, 0.2) is 0 Å². The molecular formula is C36H33N3O4S. The van der Waals surface area contributed by atoms with E-state index in [4.69, 9.17) is 4.74 Å². The van der Waals surface area contributed by atoms with Gasteiger partial charge in [0.05, 0.1) is 23.3 Å². The number of amides is 1. The van der Waals surface area contributed by atoms with Gasteiger partial charge in [-0.15, -0.1) is 0 Å². The van der Waals surface area contributed by atoms with Crippen molar-refractivity contribution in [2.45, 2.75) is 31.5 Å². The van der Waals surface area contributed by atoms with Crippen LogP contribution in [0.5, 0.6) is 5.75 Å². The summed E-state index contributed by atoms with van der Waals surface area (Å²) < 4.78 is 35.1. The summed E-state index contributed by atoms with van der Waals surface area (Å²) in [6.45, 7) is 4.45. The monoisotopic (exact) mass is 603 g/mol. The number of carbonyl (C=O) groups excluding carboxylic acids is 1. The van der Waals surface area contributed by atoms with Crippen LogP contribution in [0.4, 0.5) is 17.1 Å². The van der Waals surface area contributed by atoms with E-state index >= 15 is 0 Å². The summed E-state index contributed by atoms with van der Waals surface area (Å²) in [6, 6.07) is 37.4. The molecule has 0 radical (unpaired) electrons. The summed E-state index contributed by atoms with van der Waals surface area (Å²) in [5.74, 6) is 0.370. The predicted octanol–water partition coefficient (Wildman–Crippen LogP) is 7.48. The van der Waals surface area contributed by atoms with Gasteiger partial charge in [-0.25, -0.2) is 8.42 Å². The SMILES string of the molecule is COc1ccc(N2C(=O)c3cc(S(=O)(=O)Nc4ccc(C)cc4)ccc3N(Cc3ccccc3)[C@@H]2c2ccc(C)cc2)cc1. The van der Waals surface area contributed by atoms with Crippen molar-refractivity contribution in [2.75, 3.05) is 21.6 Å². The molecule has 0 fully saturated rings. The number of methoxy groups -OCH3 is 1. The van der Waals surface area contributed by atoms with Crippen molar-refractivity contribution in [3.8, 4) is 5.75 Å². The van der Waals surface area contributed by atoms with Crippen LogP contribution in [-0.2, 0) is 16.6 Å². The molecule has 1 aliphatic heterocycles. The maximum absolute atomic E-state index is 14.5. The number of benzene rings is 5. The predicted molar refractivity (Wildman–Crippen MR) is 175 cm³/mol. The lowest BCUT2D eigenvalue weighted by molar-refractivity contribution is 0.0968. The molecule has 1 amide bonds. The van der Waals surface area contributed by atoms with Gasteiger partial charge in [0, 0.05) is 17.9 Å². The highest BCUT2D eigenvalue weighted by atomic mass is 32.2. The Kier molecular flexibility index (Phi) is 7.84. The van der Waals surface area contributed by atoms with Crippen LogP contribution in [0.15, 0.2) is 126 Å². The summed E-state index contributed by atoms with van der Waals surface area (Å²) in [6.07, 6.45) is -0.502. The van der Waals surface area contributed by atoms with Crippen molar-refractivity contribution < 1.29 is 17.9 Å². The van der Waals surface area contributed by atoms with Crippen molar-refractivity contribution >= 4 is 33.0 Å². The molecule has 0 bridgehead atoms. The van der Waals surface area contributed by atoms with E-state index in [2.05, 4.69) is 9.62 Å². The lowest BCUT2D eigenvalue weighted by Gasteiger charge is -2.46. The fourth-order valence-electron chi connectivity index (χ4n) is 5.47. The van der Waals surface area contributed by atoms with Crippen LogP contribution in [0.2, 0.25) is 0 Å². The number of carbonyl (C=O) groups is 1. The van der Waals surface area contributed by atoms with Crippen molar-refractivity contribution in [3.63, 3.8) is 0 Å². The molecule has 1 N–H and O–H groups in total. The third-order valence-electron chi connectivity index (χ3n) is 7.80. The summed E-state index contributed by atoms with van der Waals surface area (Å²) in [7, 11) is -2.38. The Morgan fingerprint density at radius 3 is 2.05 bits per heavy atom. The number of hydrogen-bond donors (Lipinski definition) is 1. The first-order chi connectivity index (χ1) is 21.2. The Labute approximate surface area is 258 Å². The highest BCUT2D eigenvalue weighted by Gasteiger charge is 2.40. The van der Waals surface area contributed by atoms with E-state index in [0.29, 0.717) is 34.9 Å². The first-order valence-corrected chi connectivity index (χ1v) is 15.8. The fraction of sp³-hybridized carbons (Fsp3) is 0.139. The maximum Gasteiger partial charge on any atom is 0.262 e. The van der Waals surface area contributed by atoms with Gasteiger partial charge in [-0.1, -0.05) is 77.9 Å². The quantitative estimate of drug-likeness (QED) is 0.199. The number of sulfonamides is 1. The molecule has 222 valence electrons. The summed E-state index contributed by atoms with van der Waals surface area (Å²) in [5.41, 5.74) is 6.18. The second-order valence-electron chi connectivity index (χ2n) is 10.9. The van der Waals surface area contributed by atoms with Crippen LogP contribution in [0.25, 0.3) is 0 Å². The molecule has 1 aliphatic rings. The van der Waals surface area contributed by atoms with Crippen LogP contribution in [-0.4, -0.2) is 21.4 Å². The largest absolute Gasteiger partial charge is 0.497 e. The molecule has 0 aromatic heterocycles. The van der Waals surface area contributed by atoms with E-state index in [1.807, 2.05) is 105 Å². The zero-order valence-corrected chi connectivity index (χ0v) is 25.6. The number of nitrogens with zero attached hydrogens (tertiary/aromatic N) is 2. The van der Waals surface area contributed by atoms with E-state index in [1.165, 1.54) is 6.07 Å². The standard InChI is InChI=1S/C36H33N3O4S/c1-25-9-13-28(14-10-25)35-38(24-27-7-5-4-6-8-27)34-22-21-32(44(41,42)37-29-15-11-26(2)12-16-29)23-33(34)36(40)39(35)30-17-19-31(43-3)20-18-30/h4-23,35,37H,24H2,1-3H3/t35-/m0/s1. The number of fused-ring (bicyclic) bond motifs is 1. The van der Waals surface area contributed by atoms with E-state index in [-0.39, 0.29) is 10.8 Å². The Bertz CT molecular complexity index is 1890. The highest BCUT2D eigenvalue weighted by molar-refractivity contribution is 7.92. The van der Waals surface area contributed by atoms with Crippen LogP contribution in [0.3, 0.4) is 0 Å². The molecule has 0 saturated heterocycles. The Hall–Kier alpha value is -5.08. The number of hydrogen-bond acceptors (Lipinski definition) is 5. The molecule has 0 aliphatic carbocycles. The van der Waals surface area contributed by atoms with E-state index < -0.39 is 16.2 Å². The van der Waals surface area contributed by atoms with Crippen LogP contribution >= 0.6 is 0 Å². The normalized spacial score (nSPS) is 14.7. The number of aryl methyl sites for hydroxylation is 2. The molecule has 0 saturated carbocycles. The average molecular weight is 604 g/mol. The van der Waals surface area contributed by atoms with Gasteiger partial charge in [-0.2, -0.15) is 0 Å². The number of anilines is 3. The molecule has 0 spiro atoms. The van der Waals surface area contributed by atoms with Gasteiger partial charge in [-0.3, -0.25) is 14.4 Å². The molecule has 1 atom stereocenters. The lowest BCUT2D eigenvalue weighted by Crippen LogP contribution is -2.49. The minimum atomic E-state index is -3.98. The van der Waals surface area contributed by atoms with Crippen LogP contribution in [0.1, 0.15) is 38.8 Å². The summed E-state index contributed by atoms with van der Waals surface area (Å²) in [5, 5.41) is 0. The van der Waals surface area contributed by atoms with E-state index in [9.17, 15) is 13.2 Å². The first-order valence-electron chi connectivity index (χ1n) is 14.3. The van der Waals surface area contributed by atoms with Crippen molar-refractivity contribution in [2.24, 2.45) is 0 Å². The molecule has 7 nitrogen and oxygen atoms in total. The van der Waals surface area contributed by atoms with Crippen molar-refractivity contribution in [1.82, 2.24) is 0 Å². The van der Waals surface area contributed by atoms with Gasteiger partial charge < -0.3 is 9.64 Å². The van der Waals surface area contributed by atoms with Gasteiger partial charge in [0.2, 0.25) is 0 Å². The third kappa shape index (κ3) is 5.76. The molecule has 1 heterocycles. The first kappa shape index (κ1) is 29.0. The van der Waals surface area contributed by atoms with Gasteiger partial charge >= 0.3 is 0 Å². The number of rotatable bonds is 8. The average Bonchev–Trinajstić information content (AvgIpc) is 3.04. The lowest BCUT2D eigenvalue weighted by atomic mass is 9.98. The molecule has 6 rings (SSSR count). The van der Waals surface area contributed by atoms with E-state index in [1.54, 1.807) is 36.3 Å².